The average molecular weight is 362 g/mol. The fraction of sp³-hybridized carbons (Fsp3) is 0.118. The Morgan fingerprint density at radius 3 is 2.48 bits per heavy atom. The lowest BCUT2D eigenvalue weighted by atomic mass is 10.1. The van der Waals surface area contributed by atoms with Gasteiger partial charge < -0.3 is 15.8 Å². The zero-order valence-electron chi connectivity index (χ0n) is 13.0. The van der Waals surface area contributed by atoms with Crippen LogP contribution in [0.15, 0.2) is 53.4 Å². The fourth-order valence-corrected chi connectivity index (χ4v) is 2.62. The minimum absolute atomic E-state index is 0.133. The first-order valence-corrected chi connectivity index (χ1v) is 8.17. The molecule has 3 N–H and O–H groups in total. The second-order valence-corrected chi connectivity index (χ2v) is 5.85. The summed E-state index contributed by atoms with van der Waals surface area (Å²) in [6, 6.07) is 12.2. The largest absolute Gasteiger partial charge is 0.455 e. The van der Waals surface area contributed by atoms with Crippen molar-refractivity contribution in [2.24, 2.45) is 5.73 Å². The van der Waals surface area contributed by atoms with Gasteiger partial charge in [0.15, 0.2) is 6.61 Å². The highest BCUT2D eigenvalue weighted by Crippen LogP contribution is 2.21. The number of primary amides is 1. The molecule has 0 fully saturated rings. The molecule has 2 aromatic carbocycles. The third kappa shape index (κ3) is 5.61. The van der Waals surface area contributed by atoms with Gasteiger partial charge in [-0.05, 0) is 24.3 Å². The number of carbonyl (C=O) groups excluding carboxylic acids is 3. The third-order valence-electron chi connectivity index (χ3n) is 3.01. The van der Waals surface area contributed by atoms with E-state index in [9.17, 15) is 18.8 Å². The summed E-state index contributed by atoms with van der Waals surface area (Å²) in [5.74, 6) is -2.52. The predicted octanol–water partition coefficient (Wildman–Crippen LogP) is 2.20. The molecule has 0 unspecified atom stereocenters. The Hall–Kier alpha value is -2.87. The van der Waals surface area contributed by atoms with E-state index in [4.69, 9.17) is 10.5 Å². The molecule has 0 aromatic heterocycles. The Kier molecular flexibility index (Phi) is 6.53. The number of hydrogen-bond donors (Lipinski definition) is 2. The van der Waals surface area contributed by atoms with Gasteiger partial charge in [0, 0.05) is 4.90 Å². The van der Waals surface area contributed by atoms with Crippen molar-refractivity contribution in [3.63, 3.8) is 0 Å². The van der Waals surface area contributed by atoms with Crippen molar-refractivity contribution in [2.45, 2.75) is 4.90 Å². The van der Waals surface area contributed by atoms with Gasteiger partial charge in [-0.25, -0.2) is 4.39 Å². The van der Waals surface area contributed by atoms with Crippen LogP contribution in [-0.4, -0.2) is 30.1 Å². The fourth-order valence-electron chi connectivity index (χ4n) is 1.88. The van der Waals surface area contributed by atoms with Crippen LogP contribution < -0.4 is 11.1 Å². The van der Waals surface area contributed by atoms with Crippen molar-refractivity contribution < 1.29 is 23.5 Å². The van der Waals surface area contributed by atoms with Crippen LogP contribution in [0.2, 0.25) is 0 Å². The van der Waals surface area contributed by atoms with Crippen molar-refractivity contribution in [2.75, 3.05) is 17.7 Å². The van der Waals surface area contributed by atoms with Gasteiger partial charge in [0.25, 0.3) is 11.8 Å². The normalized spacial score (nSPS) is 10.1. The van der Waals surface area contributed by atoms with Crippen molar-refractivity contribution >= 4 is 35.2 Å². The molecule has 130 valence electrons. The SMILES string of the molecule is NC(=O)c1ccccc1NC(=O)COC(=O)CSc1ccccc1F. The number of thioether (sulfide) groups is 1. The van der Waals surface area contributed by atoms with Gasteiger partial charge in [0.1, 0.15) is 5.82 Å². The molecule has 0 atom stereocenters. The zero-order valence-corrected chi connectivity index (χ0v) is 13.8. The van der Waals surface area contributed by atoms with E-state index in [1.54, 1.807) is 30.3 Å². The highest BCUT2D eigenvalue weighted by Gasteiger charge is 2.13. The van der Waals surface area contributed by atoms with Crippen LogP contribution >= 0.6 is 11.8 Å². The van der Waals surface area contributed by atoms with Crippen LogP contribution in [-0.2, 0) is 14.3 Å². The summed E-state index contributed by atoms with van der Waals surface area (Å²) < 4.78 is 18.3. The standard InChI is InChI=1S/C17H15FN2O4S/c18-12-6-2-4-8-14(12)25-10-16(22)24-9-15(21)20-13-7-3-1-5-11(13)17(19)23/h1-8H,9-10H2,(H2,19,23)(H,20,21). The van der Waals surface area contributed by atoms with Crippen LogP contribution in [0, 0.1) is 5.82 Å². The van der Waals surface area contributed by atoms with E-state index in [0.29, 0.717) is 4.90 Å². The molecule has 0 saturated heterocycles. The minimum Gasteiger partial charge on any atom is -0.455 e. The van der Waals surface area contributed by atoms with E-state index in [2.05, 4.69) is 5.32 Å². The number of nitrogens with one attached hydrogen (secondary N) is 1. The molecule has 0 aliphatic carbocycles. The van der Waals surface area contributed by atoms with Crippen molar-refractivity contribution in [3.8, 4) is 0 Å². The van der Waals surface area contributed by atoms with E-state index < -0.39 is 30.2 Å². The molecular formula is C17H15FN2O4S. The first kappa shape index (κ1) is 18.5. The number of rotatable bonds is 7. The van der Waals surface area contributed by atoms with Crippen LogP contribution in [0.5, 0.6) is 0 Å². The Morgan fingerprint density at radius 2 is 1.76 bits per heavy atom. The van der Waals surface area contributed by atoms with Crippen LogP contribution in [0.25, 0.3) is 0 Å². The third-order valence-corrected chi connectivity index (χ3v) is 4.04. The molecule has 2 aromatic rings. The maximum absolute atomic E-state index is 13.4. The number of nitrogens with two attached hydrogens (primary N) is 1. The number of esters is 1. The monoisotopic (exact) mass is 362 g/mol. The molecule has 0 spiro atoms. The lowest BCUT2D eigenvalue weighted by molar-refractivity contribution is -0.144. The Labute approximate surface area is 147 Å². The first-order valence-electron chi connectivity index (χ1n) is 7.19. The average Bonchev–Trinajstić information content (AvgIpc) is 2.59. The van der Waals surface area contributed by atoms with E-state index in [1.807, 2.05) is 0 Å². The van der Waals surface area contributed by atoms with Gasteiger partial charge in [-0.2, -0.15) is 0 Å². The Bertz CT molecular complexity index is 798. The summed E-state index contributed by atoms with van der Waals surface area (Å²) in [6.07, 6.45) is 0. The number of benzene rings is 2. The first-order chi connectivity index (χ1) is 12.0. The number of carbonyl (C=O) groups is 3. The van der Waals surface area contributed by atoms with Crippen LogP contribution in [0.3, 0.4) is 0 Å². The topological polar surface area (TPSA) is 98.5 Å². The van der Waals surface area contributed by atoms with Gasteiger partial charge >= 0.3 is 5.97 Å². The van der Waals surface area contributed by atoms with Crippen molar-refractivity contribution in [1.82, 2.24) is 0 Å². The molecule has 0 saturated carbocycles. The Balaban J connectivity index is 1.81. The Morgan fingerprint density at radius 1 is 1.08 bits per heavy atom. The number of halogens is 1. The van der Waals surface area contributed by atoms with Gasteiger partial charge in [0.2, 0.25) is 0 Å². The summed E-state index contributed by atoms with van der Waals surface area (Å²) in [5, 5.41) is 2.45. The number of para-hydroxylation sites is 1. The predicted molar refractivity (Wildman–Crippen MR) is 91.7 cm³/mol. The molecule has 8 heteroatoms. The number of anilines is 1. The maximum atomic E-state index is 13.4. The van der Waals surface area contributed by atoms with Gasteiger partial charge in [-0.1, -0.05) is 24.3 Å². The highest BCUT2D eigenvalue weighted by atomic mass is 32.2. The smallest absolute Gasteiger partial charge is 0.316 e. The molecule has 0 aliphatic rings. The lowest BCUT2D eigenvalue weighted by Gasteiger charge is -2.09. The van der Waals surface area contributed by atoms with E-state index >= 15 is 0 Å². The maximum Gasteiger partial charge on any atom is 0.316 e. The molecule has 0 bridgehead atoms. The quantitative estimate of drug-likeness (QED) is 0.581. The molecule has 2 rings (SSSR count). The van der Waals surface area contributed by atoms with E-state index in [1.165, 1.54) is 18.2 Å². The molecule has 6 nitrogen and oxygen atoms in total. The lowest BCUT2D eigenvalue weighted by Crippen LogP contribution is -2.23. The molecule has 25 heavy (non-hydrogen) atoms. The summed E-state index contributed by atoms with van der Waals surface area (Å²) in [5.41, 5.74) is 5.59. The number of ether oxygens (including phenoxy) is 1. The van der Waals surface area contributed by atoms with Gasteiger partial charge in [-0.3, -0.25) is 14.4 Å². The number of amides is 2. The van der Waals surface area contributed by atoms with Gasteiger partial charge in [0.05, 0.1) is 17.0 Å². The zero-order chi connectivity index (χ0) is 18.2. The molecule has 2 amide bonds. The second kappa shape index (κ2) is 8.84. The minimum atomic E-state index is -0.686. The van der Waals surface area contributed by atoms with Crippen molar-refractivity contribution in [3.05, 3.63) is 59.9 Å². The summed E-state index contributed by atoms with van der Waals surface area (Å²) in [4.78, 5) is 35.0. The van der Waals surface area contributed by atoms with Crippen LogP contribution in [0.4, 0.5) is 10.1 Å². The van der Waals surface area contributed by atoms with E-state index in [-0.39, 0.29) is 17.0 Å². The molecule has 0 heterocycles. The van der Waals surface area contributed by atoms with Gasteiger partial charge in [-0.15, -0.1) is 11.8 Å². The van der Waals surface area contributed by atoms with E-state index in [0.717, 1.165) is 11.8 Å². The summed E-state index contributed by atoms with van der Waals surface area (Å²) >= 11 is 0.975. The molecular weight excluding hydrogens is 347 g/mol. The molecule has 0 radical (unpaired) electrons. The summed E-state index contributed by atoms with van der Waals surface area (Å²) in [6.45, 7) is -0.524. The molecule has 0 aliphatic heterocycles. The van der Waals surface area contributed by atoms with Crippen LogP contribution in [0.1, 0.15) is 10.4 Å². The number of hydrogen-bond acceptors (Lipinski definition) is 5. The second-order valence-electron chi connectivity index (χ2n) is 4.84. The van der Waals surface area contributed by atoms with Crippen molar-refractivity contribution in [1.29, 1.82) is 0 Å². The highest BCUT2D eigenvalue weighted by molar-refractivity contribution is 8.00. The summed E-state index contributed by atoms with van der Waals surface area (Å²) in [7, 11) is 0.